The summed E-state index contributed by atoms with van der Waals surface area (Å²) in [4.78, 5) is 6.14. The van der Waals surface area contributed by atoms with Crippen molar-refractivity contribution in [3.63, 3.8) is 0 Å². The number of hydrogen-bond acceptors (Lipinski definition) is 5. The number of ether oxygens (including phenoxy) is 2. The second kappa shape index (κ2) is 6.93. The van der Waals surface area contributed by atoms with Crippen molar-refractivity contribution < 1.29 is 19.0 Å². The summed E-state index contributed by atoms with van der Waals surface area (Å²) in [5, 5.41) is 9.12. The number of halogens is 1. The predicted molar refractivity (Wildman–Crippen MR) is 83.9 cm³/mol. The first kappa shape index (κ1) is 15.7. The van der Waals surface area contributed by atoms with Crippen LogP contribution in [0.15, 0.2) is 36.5 Å². The molecule has 0 saturated carbocycles. The molecule has 1 saturated heterocycles. The van der Waals surface area contributed by atoms with Gasteiger partial charge in [0.2, 0.25) is 0 Å². The van der Waals surface area contributed by atoms with E-state index in [0.717, 1.165) is 5.69 Å². The number of anilines is 1. The molecule has 0 aliphatic carbocycles. The molecule has 1 aromatic carbocycles. The molecule has 1 aromatic heterocycles. The molecule has 0 radical (unpaired) electrons. The molecule has 6 heteroatoms. The van der Waals surface area contributed by atoms with Crippen LogP contribution in [0.4, 0.5) is 10.1 Å². The summed E-state index contributed by atoms with van der Waals surface area (Å²) in [5.74, 6) is 0.332. The highest BCUT2D eigenvalue weighted by Gasteiger charge is 2.30. The molecule has 122 valence electrons. The lowest BCUT2D eigenvalue weighted by Gasteiger charge is -2.40. The van der Waals surface area contributed by atoms with E-state index in [1.165, 1.54) is 0 Å². The van der Waals surface area contributed by atoms with E-state index in [1.54, 1.807) is 31.5 Å². The molecule has 1 N–H and O–H groups in total. The van der Waals surface area contributed by atoms with Crippen molar-refractivity contribution in [1.82, 2.24) is 4.98 Å². The Hall–Kier alpha value is -2.18. The van der Waals surface area contributed by atoms with E-state index in [-0.39, 0.29) is 18.5 Å². The van der Waals surface area contributed by atoms with E-state index in [0.29, 0.717) is 36.7 Å². The number of methoxy groups -OCH3 is 1. The van der Waals surface area contributed by atoms with E-state index in [9.17, 15) is 4.39 Å². The quantitative estimate of drug-likeness (QED) is 0.884. The van der Waals surface area contributed by atoms with Gasteiger partial charge in [0.15, 0.2) is 5.82 Å². The van der Waals surface area contributed by atoms with Gasteiger partial charge in [-0.15, -0.1) is 0 Å². The van der Waals surface area contributed by atoms with Gasteiger partial charge in [-0.25, -0.2) is 4.39 Å². The van der Waals surface area contributed by atoms with Crippen LogP contribution in [0.25, 0.3) is 0 Å². The van der Waals surface area contributed by atoms with Crippen molar-refractivity contribution in [2.45, 2.75) is 19.3 Å². The van der Waals surface area contributed by atoms with Crippen LogP contribution in [-0.4, -0.2) is 36.4 Å². The third-order valence-corrected chi connectivity index (χ3v) is 3.81. The van der Waals surface area contributed by atoms with Crippen LogP contribution in [0.3, 0.4) is 0 Å². The number of aliphatic hydroxyl groups is 1. The Labute approximate surface area is 134 Å². The van der Waals surface area contributed by atoms with Gasteiger partial charge in [0.1, 0.15) is 11.9 Å². The zero-order chi connectivity index (χ0) is 16.2. The zero-order valence-corrected chi connectivity index (χ0v) is 12.9. The van der Waals surface area contributed by atoms with Crippen molar-refractivity contribution in [2.75, 3.05) is 25.1 Å². The lowest BCUT2D eigenvalue weighted by atomic mass is 10.1. The normalized spacial score (nSPS) is 14.7. The van der Waals surface area contributed by atoms with E-state index in [1.807, 2.05) is 17.0 Å². The third kappa shape index (κ3) is 3.43. The SMILES string of the molecule is COCc1ccc(OC2CN(c3cccc(CO)c3F)C2)cn1. The molecule has 1 aliphatic rings. The maximum Gasteiger partial charge on any atom is 0.151 e. The number of rotatable bonds is 6. The van der Waals surface area contributed by atoms with Crippen LogP contribution in [0.5, 0.6) is 5.75 Å². The molecule has 5 nitrogen and oxygen atoms in total. The van der Waals surface area contributed by atoms with Crippen molar-refractivity contribution in [1.29, 1.82) is 0 Å². The van der Waals surface area contributed by atoms with Crippen LogP contribution < -0.4 is 9.64 Å². The van der Waals surface area contributed by atoms with E-state index in [2.05, 4.69) is 4.98 Å². The molecule has 23 heavy (non-hydrogen) atoms. The molecule has 0 amide bonds. The monoisotopic (exact) mass is 318 g/mol. The highest BCUT2D eigenvalue weighted by Crippen LogP contribution is 2.28. The molecule has 2 aromatic rings. The molecule has 0 bridgehead atoms. The summed E-state index contributed by atoms with van der Waals surface area (Å²) in [5.41, 5.74) is 1.66. The van der Waals surface area contributed by atoms with E-state index in [4.69, 9.17) is 14.6 Å². The Kier molecular flexibility index (Phi) is 4.73. The van der Waals surface area contributed by atoms with Crippen molar-refractivity contribution in [2.24, 2.45) is 0 Å². The van der Waals surface area contributed by atoms with Crippen LogP contribution in [0.1, 0.15) is 11.3 Å². The van der Waals surface area contributed by atoms with Gasteiger partial charge in [0, 0.05) is 12.7 Å². The maximum absolute atomic E-state index is 14.2. The van der Waals surface area contributed by atoms with Gasteiger partial charge in [-0.2, -0.15) is 0 Å². The largest absolute Gasteiger partial charge is 0.485 e. The minimum absolute atomic E-state index is 0.00209. The summed E-state index contributed by atoms with van der Waals surface area (Å²) in [6.45, 7) is 1.38. The Morgan fingerprint density at radius 1 is 1.30 bits per heavy atom. The first-order valence-corrected chi connectivity index (χ1v) is 7.45. The number of nitrogens with zero attached hydrogens (tertiary/aromatic N) is 2. The maximum atomic E-state index is 14.2. The highest BCUT2D eigenvalue weighted by molar-refractivity contribution is 5.52. The third-order valence-electron chi connectivity index (χ3n) is 3.81. The van der Waals surface area contributed by atoms with Crippen molar-refractivity contribution in [3.8, 4) is 5.75 Å². The molecular formula is C17H19FN2O3. The molecule has 0 unspecified atom stereocenters. The standard InChI is InChI=1S/C17H19FN2O3/c1-22-11-13-5-6-14(7-19-13)23-15-8-20(9-15)16-4-2-3-12(10-21)17(16)18/h2-7,15,21H,8-11H2,1H3. The number of hydrogen-bond donors (Lipinski definition) is 1. The van der Waals surface area contributed by atoms with Gasteiger partial charge in [0.25, 0.3) is 0 Å². The summed E-state index contributed by atoms with van der Waals surface area (Å²) in [7, 11) is 1.62. The minimum atomic E-state index is -0.362. The molecule has 0 spiro atoms. The lowest BCUT2D eigenvalue weighted by molar-refractivity contribution is 0.164. The molecule has 2 heterocycles. The van der Waals surface area contributed by atoms with E-state index >= 15 is 0 Å². The van der Waals surface area contributed by atoms with Crippen LogP contribution in [0, 0.1) is 5.82 Å². The average molecular weight is 318 g/mol. The van der Waals surface area contributed by atoms with E-state index < -0.39 is 0 Å². The fraction of sp³-hybridized carbons (Fsp3) is 0.353. The topological polar surface area (TPSA) is 54.8 Å². The lowest BCUT2D eigenvalue weighted by Crippen LogP contribution is -2.54. The summed E-state index contributed by atoms with van der Waals surface area (Å²) in [6, 6.07) is 8.76. The summed E-state index contributed by atoms with van der Waals surface area (Å²) >= 11 is 0. The molecule has 1 fully saturated rings. The van der Waals surface area contributed by atoms with Gasteiger partial charge in [-0.05, 0) is 18.2 Å². The van der Waals surface area contributed by atoms with Crippen molar-refractivity contribution in [3.05, 3.63) is 53.6 Å². The smallest absolute Gasteiger partial charge is 0.151 e. The van der Waals surface area contributed by atoms with Gasteiger partial charge >= 0.3 is 0 Å². The second-order valence-electron chi connectivity index (χ2n) is 5.47. The van der Waals surface area contributed by atoms with Crippen LogP contribution >= 0.6 is 0 Å². The molecule has 3 rings (SSSR count). The van der Waals surface area contributed by atoms with Gasteiger partial charge in [-0.1, -0.05) is 12.1 Å². The average Bonchev–Trinajstić information content (AvgIpc) is 2.53. The zero-order valence-electron chi connectivity index (χ0n) is 12.9. The fourth-order valence-electron chi connectivity index (χ4n) is 2.55. The number of pyridine rings is 1. The van der Waals surface area contributed by atoms with Gasteiger partial charge in [-0.3, -0.25) is 4.98 Å². The number of aromatic nitrogens is 1. The highest BCUT2D eigenvalue weighted by atomic mass is 19.1. The molecular weight excluding hydrogens is 299 g/mol. The molecule has 0 atom stereocenters. The molecule has 1 aliphatic heterocycles. The summed E-state index contributed by atoms with van der Waals surface area (Å²) < 4.78 is 25.0. The Bertz CT molecular complexity index is 657. The van der Waals surface area contributed by atoms with Crippen LogP contribution in [-0.2, 0) is 18.0 Å². The first-order valence-electron chi connectivity index (χ1n) is 7.45. The van der Waals surface area contributed by atoms with Gasteiger partial charge < -0.3 is 19.5 Å². The fourth-order valence-corrected chi connectivity index (χ4v) is 2.55. The second-order valence-corrected chi connectivity index (χ2v) is 5.47. The Balaban J connectivity index is 1.57. The first-order chi connectivity index (χ1) is 11.2. The Morgan fingerprint density at radius 2 is 2.13 bits per heavy atom. The Morgan fingerprint density at radius 3 is 2.78 bits per heavy atom. The van der Waals surface area contributed by atoms with Crippen LogP contribution in [0.2, 0.25) is 0 Å². The van der Waals surface area contributed by atoms with Crippen molar-refractivity contribution >= 4 is 5.69 Å². The number of benzene rings is 1. The predicted octanol–water partition coefficient (Wildman–Crippen LogP) is 2.13. The summed E-state index contributed by atoms with van der Waals surface area (Å²) in [6.07, 6.45) is 1.67. The van der Waals surface area contributed by atoms with Gasteiger partial charge in [0.05, 0.1) is 43.9 Å². The number of aliphatic hydroxyl groups excluding tert-OH is 1. The minimum Gasteiger partial charge on any atom is -0.485 e.